The second-order valence-electron chi connectivity index (χ2n) is 7.81. The SMILES string of the molecule is COC1CCC2NNC(C(=O)N3CCCCC3c3cccc(F)c3)C2C1. The molecule has 2 aliphatic heterocycles. The number of carbonyl (C=O) groups is 1. The summed E-state index contributed by atoms with van der Waals surface area (Å²) in [5.41, 5.74) is 7.48. The third-order valence-electron chi connectivity index (χ3n) is 6.32. The van der Waals surface area contributed by atoms with Gasteiger partial charge in [-0.05, 0) is 56.2 Å². The van der Waals surface area contributed by atoms with E-state index in [9.17, 15) is 9.18 Å². The van der Waals surface area contributed by atoms with Gasteiger partial charge in [0.15, 0.2) is 0 Å². The first-order chi connectivity index (χ1) is 12.7. The molecule has 1 aromatic carbocycles. The van der Waals surface area contributed by atoms with E-state index in [2.05, 4.69) is 10.9 Å². The molecule has 3 fully saturated rings. The maximum atomic E-state index is 13.7. The van der Waals surface area contributed by atoms with Gasteiger partial charge in [0.25, 0.3) is 0 Å². The number of fused-ring (bicyclic) bond motifs is 1. The molecule has 5 unspecified atom stereocenters. The average Bonchev–Trinajstić information content (AvgIpc) is 3.10. The monoisotopic (exact) mass is 361 g/mol. The van der Waals surface area contributed by atoms with E-state index in [0.29, 0.717) is 6.04 Å². The molecule has 0 bridgehead atoms. The summed E-state index contributed by atoms with van der Waals surface area (Å²) in [6.07, 6.45) is 6.15. The first kappa shape index (κ1) is 17.9. The fourth-order valence-electron chi connectivity index (χ4n) is 4.91. The van der Waals surface area contributed by atoms with E-state index < -0.39 is 0 Å². The van der Waals surface area contributed by atoms with Crippen LogP contribution in [0.3, 0.4) is 0 Å². The number of nitrogens with one attached hydrogen (secondary N) is 2. The highest BCUT2D eigenvalue weighted by atomic mass is 19.1. The Bertz CT molecular complexity index is 656. The van der Waals surface area contributed by atoms with Gasteiger partial charge in [-0.3, -0.25) is 10.2 Å². The highest BCUT2D eigenvalue weighted by molar-refractivity contribution is 5.83. The molecule has 1 saturated carbocycles. The zero-order valence-corrected chi connectivity index (χ0v) is 15.3. The molecule has 5 atom stereocenters. The number of amides is 1. The number of hydrogen-bond acceptors (Lipinski definition) is 4. The minimum absolute atomic E-state index is 0.0328. The summed E-state index contributed by atoms with van der Waals surface area (Å²) in [5, 5.41) is 0. The van der Waals surface area contributed by atoms with E-state index in [-0.39, 0.29) is 35.8 Å². The zero-order valence-electron chi connectivity index (χ0n) is 15.3. The Morgan fingerprint density at radius 2 is 2.12 bits per heavy atom. The van der Waals surface area contributed by atoms with Crippen molar-refractivity contribution >= 4 is 5.91 Å². The second-order valence-corrected chi connectivity index (χ2v) is 7.81. The molecule has 26 heavy (non-hydrogen) atoms. The van der Waals surface area contributed by atoms with Crippen molar-refractivity contribution in [3.8, 4) is 0 Å². The lowest BCUT2D eigenvalue weighted by Gasteiger charge is -2.39. The molecule has 2 saturated heterocycles. The van der Waals surface area contributed by atoms with Gasteiger partial charge in [0.05, 0.1) is 12.1 Å². The average molecular weight is 361 g/mol. The van der Waals surface area contributed by atoms with Crippen molar-refractivity contribution in [3.05, 3.63) is 35.6 Å². The van der Waals surface area contributed by atoms with Crippen molar-refractivity contribution in [2.75, 3.05) is 13.7 Å². The predicted octanol–water partition coefficient (Wildman–Crippen LogP) is 2.54. The van der Waals surface area contributed by atoms with Gasteiger partial charge < -0.3 is 9.64 Å². The van der Waals surface area contributed by atoms with Gasteiger partial charge in [0.1, 0.15) is 11.9 Å². The van der Waals surface area contributed by atoms with Crippen molar-refractivity contribution < 1.29 is 13.9 Å². The van der Waals surface area contributed by atoms with Crippen LogP contribution in [0.4, 0.5) is 4.39 Å². The lowest BCUT2D eigenvalue weighted by atomic mass is 9.79. The fourth-order valence-corrected chi connectivity index (χ4v) is 4.91. The summed E-state index contributed by atoms with van der Waals surface area (Å²) in [4.78, 5) is 15.4. The second kappa shape index (κ2) is 7.62. The number of hydrazine groups is 1. The highest BCUT2D eigenvalue weighted by Crippen LogP contribution is 2.36. The normalized spacial score (nSPS) is 34.5. The quantitative estimate of drug-likeness (QED) is 0.869. The largest absolute Gasteiger partial charge is 0.381 e. The lowest BCUT2D eigenvalue weighted by Crippen LogP contribution is -2.51. The van der Waals surface area contributed by atoms with Gasteiger partial charge in [0.2, 0.25) is 5.91 Å². The first-order valence-corrected chi connectivity index (χ1v) is 9.77. The molecule has 6 heteroatoms. The molecule has 3 aliphatic rings. The lowest BCUT2D eigenvalue weighted by molar-refractivity contribution is -0.138. The third-order valence-corrected chi connectivity index (χ3v) is 6.32. The summed E-state index contributed by atoms with van der Waals surface area (Å²) >= 11 is 0. The molecule has 0 radical (unpaired) electrons. The molecule has 2 heterocycles. The number of rotatable bonds is 3. The Labute approximate surface area is 154 Å². The molecular formula is C20H28FN3O2. The molecule has 0 spiro atoms. The van der Waals surface area contributed by atoms with Crippen LogP contribution in [0.2, 0.25) is 0 Å². The van der Waals surface area contributed by atoms with Gasteiger partial charge in [-0.2, -0.15) is 0 Å². The smallest absolute Gasteiger partial charge is 0.241 e. The minimum Gasteiger partial charge on any atom is -0.381 e. The van der Waals surface area contributed by atoms with Crippen LogP contribution in [0.1, 0.15) is 50.1 Å². The first-order valence-electron chi connectivity index (χ1n) is 9.77. The number of carbonyl (C=O) groups excluding carboxylic acids is 1. The molecule has 1 amide bonds. The molecule has 4 rings (SSSR count). The van der Waals surface area contributed by atoms with Crippen LogP contribution in [-0.4, -0.2) is 42.6 Å². The van der Waals surface area contributed by atoms with E-state index in [1.54, 1.807) is 19.2 Å². The van der Waals surface area contributed by atoms with Crippen molar-refractivity contribution in [1.29, 1.82) is 0 Å². The summed E-state index contributed by atoms with van der Waals surface area (Å²) in [5.74, 6) is 0.142. The number of methoxy groups -OCH3 is 1. The van der Waals surface area contributed by atoms with Gasteiger partial charge in [-0.25, -0.2) is 9.82 Å². The zero-order chi connectivity index (χ0) is 18.1. The van der Waals surface area contributed by atoms with Crippen molar-refractivity contribution in [2.45, 2.75) is 62.8 Å². The maximum Gasteiger partial charge on any atom is 0.241 e. The highest BCUT2D eigenvalue weighted by Gasteiger charge is 2.46. The minimum atomic E-state index is -0.239. The van der Waals surface area contributed by atoms with E-state index >= 15 is 0 Å². The van der Waals surface area contributed by atoms with Crippen LogP contribution in [0.5, 0.6) is 0 Å². The van der Waals surface area contributed by atoms with E-state index in [4.69, 9.17) is 4.74 Å². The Kier molecular flexibility index (Phi) is 5.25. The summed E-state index contributed by atoms with van der Waals surface area (Å²) in [6, 6.07) is 6.76. The van der Waals surface area contributed by atoms with E-state index in [0.717, 1.165) is 50.6 Å². The van der Waals surface area contributed by atoms with Crippen LogP contribution in [0.25, 0.3) is 0 Å². The van der Waals surface area contributed by atoms with Crippen molar-refractivity contribution in [2.24, 2.45) is 5.92 Å². The summed E-state index contributed by atoms with van der Waals surface area (Å²) < 4.78 is 19.3. The van der Waals surface area contributed by atoms with Crippen LogP contribution in [0.15, 0.2) is 24.3 Å². The molecule has 1 aliphatic carbocycles. The maximum absolute atomic E-state index is 13.7. The number of benzene rings is 1. The van der Waals surface area contributed by atoms with Crippen LogP contribution >= 0.6 is 0 Å². The molecule has 5 nitrogen and oxygen atoms in total. The van der Waals surface area contributed by atoms with Gasteiger partial charge in [0, 0.05) is 25.6 Å². The molecule has 142 valence electrons. The number of hydrogen-bond donors (Lipinski definition) is 2. The number of likely N-dealkylation sites (tertiary alicyclic amines) is 1. The molecule has 2 N–H and O–H groups in total. The summed E-state index contributed by atoms with van der Waals surface area (Å²) in [6.45, 7) is 0.739. The van der Waals surface area contributed by atoms with Gasteiger partial charge in [-0.15, -0.1) is 0 Å². The Hall–Kier alpha value is -1.50. The van der Waals surface area contributed by atoms with E-state index in [1.807, 2.05) is 11.0 Å². The van der Waals surface area contributed by atoms with Gasteiger partial charge in [-0.1, -0.05) is 12.1 Å². The number of piperidine rings is 1. The molecule has 0 aromatic heterocycles. The Morgan fingerprint density at radius 1 is 1.23 bits per heavy atom. The molecule has 1 aromatic rings. The van der Waals surface area contributed by atoms with Crippen molar-refractivity contribution in [3.63, 3.8) is 0 Å². The van der Waals surface area contributed by atoms with Crippen LogP contribution in [-0.2, 0) is 9.53 Å². The fraction of sp³-hybridized carbons (Fsp3) is 0.650. The topological polar surface area (TPSA) is 53.6 Å². The van der Waals surface area contributed by atoms with Gasteiger partial charge >= 0.3 is 0 Å². The van der Waals surface area contributed by atoms with E-state index in [1.165, 1.54) is 6.07 Å². The number of halogens is 1. The van der Waals surface area contributed by atoms with Crippen molar-refractivity contribution in [1.82, 2.24) is 15.8 Å². The third kappa shape index (κ3) is 3.38. The summed E-state index contributed by atoms with van der Waals surface area (Å²) in [7, 11) is 1.75. The number of nitrogens with zero attached hydrogens (tertiary/aromatic N) is 1. The predicted molar refractivity (Wildman–Crippen MR) is 96.7 cm³/mol. The number of ether oxygens (including phenoxy) is 1. The Morgan fingerprint density at radius 3 is 2.92 bits per heavy atom. The molecular weight excluding hydrogens is 333 g/mol. The Balaban J connectivity index is 1.53. The van der Waals surface area contributed by atoms with Crippen LogP contribution < -0.4 is 10.9 Å². The standard InChI is InChI=1S/C20H28FN3O2/c1-26-15-8-9-17-16(12-15)19(23-22-17)20(25)24-10-3-2-7-18(24)13-5-4-6-14(21)11-13/h4-6,11,15-19,22-23H,2-3,7-10,12H2,1H3. The van der Waals surface area contributed by atoms with Crippen LogP contribution in [0, 0.1) is 11.7 Å².